The Kier molecular flexibility index (Phi) is 4.11. The van der Waals surface area contributed by atoms with Crippen LogP contribution in [0.5, 0.6) is 0 Å². The Balaban J connectivity index is 2.38. The Morgan fingerprint density at radius 3 is 2.74 bits per heavy atom. The molecule has 0 bridgehead atoms. The van der Waals surface area contributed by atoms with E-state index in [0.717, 1.165) is 16.3 Å². The van der Waals surface area contributed by atoms with Gasteiger partial charge in [0.1, 0.15) is 6.04 Å². The Labute approximate surface area is 111 Å². The molecule has 0 saturated carbocycles. The summed E-state index contributed by atoms with van der Waals surface area (Å²) in [4.78, 5) is 11.8. The van der Waals surface area contributed by atoms with Gasteiger partial charge in [0.15, 0.2) is 0 Å². The van der Waals surface area contributed by atoms with E-state index in [1.807, 2.05) is 48.5 Å². The number of carbonyl (C=O) groups is 1. The minimum absolute atomic E-state index is 0.0899. The molecular formula is C15H14N2O2. The number of methoxy groups -OCH3 is 1. The third-order valence-corrected chi connectivity index (χ3v) is 2.93. The van der Waals surface area contributed by atoms with E-state index in [1.165, 1.54) is 7.11 Å². The normalized spacial score (nSPS) is 11.8. The lowest BCUT2D eigenvalue weighted by Crippen LogP contribution is -2.29. The highest BCUT2D eigenvalue weighted by Gasteiger charge is 2.20. The monoisotopic (exact) mass is 254 g/mol. The molecule has 0 saturated heterocycles. The number of hydrogen-bond donors (Lipinski definition) is 1. The van der Waals surface area contributed by atoms with Crippen LogP contribution in [0.1, 0.15) is 11.6 Å². The standard InChI is InChI=1S/C15H14N2O2/c1-19-15(18)14(17-9-8-16)13-7-6-11-4-2-3-5-12(11)10-13/h2-7,10,14,17H,9H2,1H3/t14-/m1/s1. The predicted octanol–water partition coefficient (Wildman–Crippen LogP) is 2.17. The summed E-state index contributed by atoms with van der Waals surface area (Å²) in [5, 5.41) is 13.6. The minimum Gasteiger partial charge on any atom is -0.468 e. The average Bonchev–Trinajstić information content (AvgIpc) is 2.47. The van der Waals surface area contributed by atoms with Crippen LogP contribution in [0.3, 0.4) is 0 Å². The molecular weight excluding hydrogens is 240 g/mol. The Morgan fingerprint density at radius 1 is 1.32 bits per heavy atom. The van der Waals surface area contributed by atoms with E-state index in [9.17, 15) is 4.79 Å². The zero-order valence-corrected chi connectivity index (χ0v) is 10.6. The van der Waals surface area contributed by atoms with Gasteiger partial charge in [-0.05, 0) is 22.4 Å². The van der Waals surface area contributed by atoms with E-state index in [2.05, 4.69) is 5.32 Å². The van der Waals surface area contributed by atoms with Gasteiger partial charge in [0.05, 0.1) is 19.7 Å². The van der Waals surface area contributed by atoms with E-state index < -0.39 is 12.0 Å². The number of nitrogens with one attached hydrogen (secondary N) is 1. The molecule has 1 N–H and O–H groups in total. The third-order valence-electron chi connectivity index (χ3n) is 2.93. The van der Waals surface area contributed by atoms with Gasteiger partial charge in [0, 0.05) is 0 Å². The largest absolute Gasteiger partial charge is 0.468 e. The fraction of sp³-hybridized carbons (Fsp3) is 0.200. The second-order valence-electron chi connectivity index (χ2n) is 4.10. The van der Waals surface area contributed by atoms with Gasteiger partial charge in [-0.2, -0.15) is 5.26 Å². The highest BCUT2D eigenvalue weighted by atomic mass is 16.5. The number of rotatable bonds is 4. The van der Waals surface area contributed by atoms with Crippen LogP contribution in [0.15, 0.2) is 42.5 Å². The van der Waals surface area contributed by atoms with Crippen LogP contribution in [-0.4, -0.2) is 19.6 Å². The number of fused-ring (bicyclic) bond motifs is 1. The van der Waals surface area contributed by atoms with Gasteiger partial charge in [0.25, 0.3) is 0 Å². The molecule has 0 aromatic heterocycles. The zero-order chi connectivity index (χ0) is 13.7. The lowest BCUT2D eigenvalue weighted by molar-refractivity contribution is -0.143. The van der Waals surface area contributed by atoms with E-state index in [4.69, 9.17) is 10.00 Å². The van der Waals surface area contributed by atoms with E-state index in [-0.39, 0.29) is 6.54 Å². The number of nitriles is 1. The highest BCUT2D eigenvalue weighted by Crippen LogP contribution is 2.21. The molecule has 2 rings (SSSR count). The van der Waals surface area contributed by atoms with Crippen molar-refractivity contribution >= 4 is 16.7 Å². The van der Waals surface area contributed by atoms with Crippen molar-refractivity contribution in [3.8, 4) is 6.07 Å². The van der Waals surface area contributed by atoms with Crippen LogP contribution < -0.4 is 5.32 Å². The Bertz CT molecular complexity index is 631. The molecule has 96 valence electrons. The molecule has 0 radical (unpaired) electrons. The van der Waals surface area contributed by atoms with Crippen molar-refractivity contribution in [1.82, 2.24) is 5.32 Å². The van der Waals surface area contributed by atoms with Crippen molar-refractivity contribution in [2.45, 2.75) is 6.04 Å². The van der Waals surface area contributed by atoms with E-state index >= 15 is 0 Å². The molecule has 0 spiro atoms. The second-order valence-corrected chi connectivity index (χ2v) is 4.10. The fourth-order valence-corrected chi connectivity index (χ4v) is 1.99. The molecule has 19 heavy (non-hydrogen) atoms. The lowest BCUT2D eigenvalue weighted by Gasteiger charge is -2.15. The topological polar surface area (TPSA) is 62.1 Å². The minimum atomic E-state index is -0.616. The second kappa shape index (κ2) is 5.98. The van der Waals surface area contributed by atoms with Crippen molar-refractivity contribution in [1.29, 1.82) is 5.26 Å². The maximum absolute atomic E-state index is 11.8. The smallest absolute Gasteiger partial charge is 0.327 e. The number of ether oxygens (including phenoxy) is 1. The van der Waals surface area contributed by atoms with Crippen LogP contribution in [0.25, 0.3) is 10.8 Å². The molecule has 2 aromatic carbocycles. The predicted molar refractivity (Wildman–Crippen MR) is 72.3 cm³/mol. The first-order valence-corrected chi connectivity index (χ1v) is 5.93. The third kappa shape index (κ3) is 2.90. The highest BCUT2D eigenvalue weighted by molar-refractivity contribution is 5.85. The van der Waals surface area contributed by atoms with Gasteiger partial charge in [-0.3, -0.25) is 5.32 Å². The molecule has 0 heterocycles. The first kappa shape index (κ1) is 13.1. The molecule has 0 aliphatic heterocycles. The molecule has 4 heteroatoms. The lowest BCUT2D eigenvalue weighted by atomic mass is 10.0. The summed E-state index contributed by atoms with van der Waals surface area (Å²) in [6.45, 7) is 0.0899. The number of esters is 1. The SMILES string of the molecule is COC(=O)[C@H](NCC#N)c1ccc2ccccc2c1. The fourth-order valence-electron chi connectivity index (χ4n) is 1.99. The van der Waals surface area contributed by atoms with Crippen molar-refractivity contribution in [3.63, 3.8) is 0 Å². The molecule has 4 nitrogen and oxygen atoms in total. The van der Waals surface area contributed by atoms with Crippen LogP contribution in [0, 0.1) is 11.3 Å². The molecule has 0 unspecified atom stereocenters. The summed E-state index contributed by atoms with van der Waals surface area (Å²) in [7, 11) is 1.34. The summed E-state index contributed by atoms with van der Waals surface area (Å²) < 4.78 is 4.77. The van der Waals surface area contributed by atoms with Crippen molar-refractivity contribution in [3.05, 3.63) is 48.0 Å². The molecule has 0 aliphatic rings. The van der Waals surface area contributed by atoms with Gasteiger partial charge in [-0.1, -0.05) is 36.4 Å². The average molecular weight is 254 g/mol. The first-order valence-electron chi connectivity index (χ1n) is 5.93. The molecule has 0 amide bonds. The van der Waals surface area contributed by atoms with Crippen LogP contribution in [0.2, 0.25) is 0 Å². The van der Waals surface area contributed by atoms with Gasteiger partial charge in [-0.25, -0.2) is 4.79 Å². The number of hydrogen-bond acceptors (Lipinski definition) is 4. The van der Waals surface area contributed by atoms with Gasteiger partial charge < -0.3 is 4.74 Å². The van der Waals surface area contributed by atoms with Gasteiger partial charge >= 0.3 is 5.97 Å². The van der Waals surface area contributed by atoms with Crippen molar-refractivity contribution in [2.75, 3.05) is 13.7 Å². The number of benzene rings is 2. The van der Waals surface area contributed by atoms with E-state index in [1.54, 1.807) is 0 Å². The quantitative estimate of drug-likeness (QED) is 0.671. The summed E-state index contributed by atoms with van der Waals surface area (Å²) in [5.41, 5.74) is 0.792. The van der Waals surface area contributed by atoms with Gasteiger partial charge in [-0.15, -0.1) is 0 Å². The number of nitrogens with zero attached hydrogens (tertiary/aromatic N) is 1. The van der Waals surface area contributed by atoms with Crippen LogP contribution in [-0.2, 0) is 9.53 Å². The first-order chi connectivity index (χ1) is 9.26. The zero-order valence-electron chi connectivity index (χ0n) is 10.6. The van der Waals surface area contributed by atoms with Crippen LogP contribution in [0.4, 0.5) is 0 Å². The van der Waals surface area contributed by atoms with Crippen molar-refractivity contribution in [2.24, 2.45) is 0 Å². The maximum Gasteiger partial charge on any atom is 0.327 e. The summed E-state index contributed by atoms with van der Waals surface area (Å²) in [6, 6.07) is 15.0. The molecule has 0 fully saturated rings. The van der Waals surface area contributed by atoms with Crippen molar-refractivity contribution < 1.29 is 9.53 Å². The summed E-state index contributed by atoms with van der Waals surface area (Å²) in [5.74, 6) is -0.398. The Morgan fingerprint density at radius 2 is 2.05 bits per heavy atom. The number of carbonyl (C=O) groups excluding carboxylic acids is 1. The van der Waals surface area contributed by atoms with E-state index in [0.29, 0.717) is 0 Å². The molecule has 0 aliphatic carbocycles. The summed E-state index contributed by atoms with van der Waals surface area (Å²) in [6.07, 6.45) is 0. The summed E-state index contributed by atoms with van der Waals surface area (Å²) >= 11 is 0. The Hall–Kier alpha value is -2.38. The van der Waals surface area contributed by atoms with Crippen LogP contribution >= 0.6 is 0 Å². The molecule has 2 aromatic rings. The van der Waals surface area contributed by atoms with Gasteiger partial charge in [0.2, 0.25) is 0 Å². The maximum atomic E-state index is 11.8. The molecule has 1 atom stereocenters.